The molecule has 0 aliphatic carbocycles. The lowest BCUT2D eigenvalue weighted by atomic mass is 10.0. The summed E-state index contributed by atoms with van der Waals surface area (Å²) in [6.07, 6.45) is 3.08. The van der Waals surface area contributed by atoms with Gasteiger partial charge in [0.05, 0.1) is 6.61 Å². The minimum Gasteiger partial charge on any atom is -0.494 e. The van der Waals surface area contributed by atoms with E-state index in [1.807, 2.05) is 24.0 Å². The van der Waals surface area contributed by atoms with Crippen LogP contribution in [0.4, 0.5) is 0 Å². The fourth-order valence-electron chi connectivity index (χ4n) is 3.03. The molecule has 1 aliphatic heterocycles. The van der Waals surface area contributed by atoms with E-state index < -0.39 is 0 Å². The zero-order chi connectivity index (χ0) is 18.4. The van der Waals surface area contributed by atoms with Gasteiger partial charge in [0.25, 0.3) is 11.8 Å². The van der Waals surface area contributed by atoms with Crippen molar-refractivity contribution in [3.05, 3.63) is 59.9 Å². The first-order valence-corrected chi connectivity index (χ1v) is 8.91. The van der Waals surface area contributed by atoms with Gasteiger partial charge in [-0.2, -0.15) is 0 Å². The van der Waals surface area contributed by atoms with Crippen molar-refractivity contribution in [1.29, 1.82) is 0 Å². The van der Waals surface area contributed by atoms with Crippen molar-refractivity contribution in [2.24, 2.45) is 0 Å². The van der Waals surface area contributed by atoms with Crippen molar-refractivity contribution in [3.63, 3.8) is 0 Å². The second-order valence-electron chi connectivity index (χ2n) is 6.21. The maximum Gasteiger partial charge on any atom is 0.270 e. The molecular formula is C20H23N3O3. The average molecular weight is 353 g/mol. The second kappa shape index (κ2) is 8.47. The third kappa shape index (κ3) is 4.39. The normalized spacial score (nSPS) is 14.7. The third-order valence-electron chi connectivity index (χ3n) is 4.43. The van der Waals surface area contributed by atoms with Gasteiger partial charge in [0, 0.05) is 30.9 Å². The molecule has 1 N–H and O–H groups in total. The topological polar surface area (TPSA) is 71.5 Å². The molecule has 3 rings (SSSR count). The maximum absolute atomic E-state index is 12.6. The number of ether oxygens (including phenoxy) is 1. The van der Waals surface area contributed by atoms with Gasteiger partial charge >= 0.3 is 0 Å². The lowest BCUT2D eigenvalue weighted by Gasteiger charge is -2.32. The Labute approximate surface area is 153 Å². The Hall–Kier alpha value is -2.89. The van der Waals surface area contributed by atoms with E-state index in [0.717, 1.165) is 18.6 Å². The van der Waals surface area contributed by atoms with Crippen molar-refractivity contribution in [2.75, 3.05) is 19.7 Å². The smallest absolute Gasteiger partial charge is 0.270 e. The Morgan fingerprint density at radius 1 is 1.15 bits per heavy atom. The van der Waals surface area contributed by atoms with E-state index in [-0.39, 0.29) is 17.9 Å². The summed E-state index contributed by atoms with van der Waals surface area (Å²) >= 11 is 0. The molecule has 2 heterocycles. The highest BCUT2D eigenvalue weighted by atomic mass is 16.5. The Balaban J connectivity index is 1.51. The molecule has 0 unspecified atom stereocenters. The van der Waals surface area contributed by atoms with Gasteiger partial charge in [-0.1, -0.05) is 6.07 Å². The van der Waals surface area contributed by atoms with Crippen molar-refractivity contribution in [1.82, 2.24) is 15.2 Å². The molecule has 1 aliphatic rings. The van der Waals surface area contributed by atoms with Gasteiger partial charge in [-0.15, -0.1) is 0 Å². The minimum atomic E-state index is -0.165. The van der Waals surface area contributed by atoms with Crippen LogP contribution in [-0.4, -0.2) is 47.4 Å². The van der Waals surface area contributed by atoms with Crippen molar-refractivity contribution >= 4 is 11.8 Å². The number of piperidine rings is 1. The number of aromatic nitrogens is 1. The number of carbonyl (C=O) groups is 2. The fourth-order valence-corrected chi connectivity index (χ4v) is 3.03. The molecule has 1 saturated heterocycles. The van der Waals surface area contributed by atoms with Gasteiger partial charge in [0.2, 0.25) is 0 Å². The van der Waals surface area contributed by atoms with Crippen molar-refractivity contribution < 1.29 is 14.3 Å². The van der Waals surface area contributed by atoms with Crippen LogP contribution in [0.3, 0.4) is 0 Å². The molecule has 1 aromatic heterocycles. The fraction of sp³-hybridized carbons (Fsp3) is 0.350. The van der Waals surface area contributed by atoms with Gasteiger partial charge in [0.15, 0.2) is 0 Å². The lowest BCUT2D eigenvalue weighted by molar-refractivity contribution is 0.0697. The molecule has 0 atom stereocenters. The molecule has 1 aromatic carbocycles. The molecule has 2 amide bonds. The number of nitrogens with one attached hydrogen (secondary N) is 1. The summed E-state index contributed by atoms with van der Waals surface area (Å²) in [6, 6.07) is 12.5. The lowest BCUT2D eigenvalue weighted by Crippen LogP contribution is -2.46. The molecule has 1 fully saturated rings. The second-order valence-corrected chi connectivity index (χ2v) is 6.21. The molecule has 0 spiro atoms. The SMILES string of the molecule is CCOc1ccc(C(=O)N2CCC(NC(=O)c3ccccn3)CC2)cc1. The van der Waals surface area contributed by atoms with E-state index in [1.54, 1.807) is 36.5 Å². The first kappa shape index (κ1) is 17.9. The van der Waals surface area contributed by atoms with Crippen LogP contribution >= 0.6 is 0 Å². The number of benzene rings is 1. The van der Waals surface area contributed by atoms with E-state index in [1.165, 1.54) is 0 Å². The van der Waals surface area contributed by atoms with Crippen LogP contribution in [0.5, 0.6) is 5.75 Å². The Bertz CT molecular complexity index is 739. The quantitative estimate of drug-likeness (QED) is 0.897. The summed E-state index contributed by atoms with van der Waals surface area (Å²) in [4.78, 5) is 30.7. The van der Waals surface area contributed by atoms with Crippen LogP contribution in [-0.2, 0) is 0 Å². The van der Waals surface area contributed by atoms with E-state index in [4.69, 9.17) is 4.74 Å². The van der Waals surface area contributed by atoms with Gasteiger partial charge in [-0.05, 0) is 56.2 Å². The van der Waals surface area contributed by atoms with Crippen LogP contribution in [0.2, 0.25) is 0 Å². The number of hydrogen-bond acceptors (Lipinski definition) is 4. The van der Waals surface area contributed by atoms with Crippen LogP contribution in [0.25, 0.3) is 0 Å². The van der Waals surface area contributed by atoms with Crippen molar-refractivity contribution in [3.8, 4) is 5.75 Å². The molecule has 2 aromatic rings. The number of pyridine rings is 1. The number of likely N-dealkylation sites (tertiary alicyclic amines) is 1. The molecule has 6 nitrogen and oxygen atoms in total. The number of rotatable bonds is 5. The summed E-state index contributed by atoms with van der Waals surface area (Å²) in [6.45, 7) is 3.78. The largest absolute Gasteiger partial charge is 0.494 e. The van der Waals surface area contributed by atoms with Gasteiger partial charge in [0.1, 0.15) is 11.4 Å². The van der Waals surface area contributed by atoms with Gasteiger partial charge in [-0.25, -0.2) is 0 Å². The Kier molecular flexibility index (Phi) is 5.84. The molecule has 0 bridgehead atoms. The van der Waals surface area contributed by atoms with E-state index in [0.29, 0.717) is 31.0 Å². The van der Waals surface area contributed by atoms with E-state index in [2.05, 4.69) is 10.3 Å². The highest BCUT2D eigenvalue weighted by Gasteiger charge is 2.25. The Morgan fingerprint density at radius 3 is 2.50 bits per heavy atom. The maximum atomic E-state index is 12.6. The number of hydrogen-bond donors (Lipinski definition) is 1. The standard InChI is InChI=1S/C20H23N3O3/c1-2-26-17-8-6-15(7-9-17)20(25)23-13-10-16(11-14-23)22-19(24)18-5-3-4-12-21-18/h3-9,12,16H,2,10-11,13-14H2,1H3,(H,22,24). The Morgan fingerprint density at radius 2 is 1.88 bits per heavy atom. The van der Waals surface area contributed by atoms with E-state index in [9.17, 15) is 9.59 Å². The molecule has 136 valence electrons. The van der Waals surface area contributed by atoms with Crippen LogP contribution in [0.1, 0.15) is 40.6 Å². The first-order chi connectivity index (χ1) is 12.7. The zero-order valence-corrected chi connectivity index (χ0v) is 14.9. The number of carbonyl (C=O) groups excluding carboxylic acids is 2. The predicted molar refractivity (Wildman–Crippen MR) is 98.2 cm³/mol. The number of amides is 2. The highest BCUT2D eigenvalue weighted by Crippen LogP contribution is 2.17. The van der Waals surface area contributed by atoms with Gasteiger partial charge in [-0.3, -0.25) is 14.6 Å². The highest BCUT2D eigenvalue weighted by molar-refractivity contribution is 5.94. The van der Waals surface area contributed by atoms with Crippen LogP contribution < -0.4 is 10.1 Å². The molecule has 26 heavy (non-hydrogen) atoms. The van der Waals surface area contributed by atoms with Crippen molar-refractivity contribution in [2.45, 2.75) is 25.8 Å². The summed E-state index contributed by atoms with van der Waals surface area (Å²) in [7, 11) is 0. The zero-order valence-electron chi connectivity index (χ0n) is 14.9. The summed E-state index contributed by atoms with van der Waals surface area (Å²) < 4.78 is 5.40. The summed E-state index contributed by atoms with van der Waals surface area (Å²) in [5.41, 5.74) is 1.07. The molecule has 6 heteroatoms. The third-order valence-corrected chi connectivity index (χ3v) is 4.43. The number of nitrogens with zero attached hydrogens (tertiary/aromatic N) is 2. The minimum absolute atomic E-state index is 0.0163. The molecular weight excluding hydrogens is 330 g/mol. The van der Waals surface area contributed by atoms with Crippen LogP contribution in [0.15, 0.2) is 48.7 Å². The average Bonchev–Trinajstić information content (AvgIpc) is 2.69. The summed E-state index contributed by atoms with van der Waals surface area (Å²) in [5, 5.41) is 3.00. The van der Waals surface area contributed by atoms with Gasteiger partial charge < -0.3 is 15.0 Å². The monoisotopic (exact) mass is 353 g/mol. The molecule has 0 saturated carbocycles. The predicted octanol–water partition coefficient (Wildman–Crippen LogP) is 2.51. The van der Waals surface area contributed by atoms with Crippen LogP contribution in [0, 0.1) is 0 Å². The summed E-state index contributed by atoms with van der Waals surface area (Å²) in [5.74, 6) is 0.615. The first-order valence-electron chi connectivity index (χ1n) is 8.91. The molecule has 0 radical (unpaired) electrons. The van der Waals surface area contributed by atoms with E-state index >= 15 is 0 Å².